The average Bonchev–Trinajstić information content (AvgIpc) is 3.39. The van der Waals surface area contributed by atoms with E-state index in [1.54, 1.807) is 11.6 Å². The van der Waals surface area contributed by atoms with Gasteiger partial charge in [-0.3, -0.25) is 4.68 Å². The van der Waals surface area contributed by atoms with E-state index in [0.29, 0.717) is 18.1 Å². The van der Waals surface area contributed by atoms with Gasteiger partial charge in [-0.25, -0.2) is 13.8 Å². The van der Waals surface area contributed by atoms with Crippen molar-refractivity contribution in [3.05, 3.63) is 82.7 Å². The third-order valence-electron chi connectivity index (χ3n) is 5.72. The number of aliphatic imine (C=N–C) groups is 1. The molecule has 1 aliphatic carbocycles. The predicted octanol–water partition coefficient (Wildman–Crippen LogP) is 5.23. The van der Waals surface area contributed by atoms with Gasteiger partial charge < -0.3 is 9.64 Å². The van der Waals surface area contributed by atoms with Gasteiger partial charge in [-0.2, -0.15) is 5.10 Å². The average molecular weight is 455 g/mol. The molecule has 0 saturated heterocycles. The lowest BCUT2D eigenvalue weighted by atomic mass is 10.1. The minimum atomic E-state index is -0.672. The van der Waals surface area contributed by atoms with Gasteiger partial charge in [0.2, 0.25) is 0 Å². The number of benzene rings is 2. The predicted molar refractivity (Wildman–Crippen MR) is 121 cm³/mol. The number of rotatable bonds is 5. The SMILES string of the molecule is CCOc1cc(F)c(Cn2nc(C3=NC4=C(C=CC4)C(Cl)N3C)c3ccccc32)c(F)c1. The van der Waals surface area contributed by atoms with Gasteiger partial charge in [0.25, 0.3) is 0 Å². The molecule has 0 spiro atoms. The maximum Gasteiger partial charge on any atom is 0.158 e. The summed E-state index contributed by atoms with van der Waals surface area (Å²) in [4.78, 5) is 6.69. The fourth-order valence-electron chi connectivity index (χ4n) is 4.13. The summed E-state index contributed by atoms with van der Waals surface area (Å²) < 4.78 is 36.3. The van der Waals surface area contributed by atoms with Gasteiger partial charge in [-0.15, -0.1) is 0 Å². The first-order valence-corrected chi connectivity index (χ1v) is 10.8. The molecule has 0 bridgehead atoms. The number of nitrogens with zero attached hydrogens (tertiary/aromatic N) is 4. The van der Waals surface area contributed by atoms with E-state index in [1.807, 2.05) is 48.4 Å². The summed E-state index contributed by atoms with van der Waals surface area (Å²) in [6.07, 6.45) is 4.75. The van der Waals surface area contributed by atoms with E-state index in [0.717, 1.165) is 28.6 Å². The summed E-state index contributed by atoms with van der Waals surface area (Å²) in [6, 6.07) is 9.97. The van der Waals surface area contributed by atoms with Crippen molar-refractivity contribution in [1.82, 2.24) is 14.7 Å². The molecule has 32 heavy (non-hydrogen) atoms. The highest BCUT2D eigenvalue weighted by Gasteiger charge is 2.31. The monoisotopic (exact) mass is 454 g/mol. The number of fused-ring (bicyclic) bond motifs is 1. The zero-order valence-corrected chi connectivity index (χ0v) is 18.4. The summed E-state index contributed by atoms with van der Waals surface area (Å²) in [5.41, 5.74) is 2.84. The zero-order valence-electron chi connectivity index (χ0n) is 17.6. The number of hydrogen-bond acceptors (Lipinski definition) is 4. The standard InChI is InChI=1S/C24H21ClF2N4O/c1-3-32-14-11-18(26)17(19(27)12-14)13-31-21-10-5-4-7-16(21)22(29-31)24-28-20-9-6-8-15(20)23(25)30(24)2/h4-8,10-12,23H,3,9,13H2,1-2H3. The molecule has 5 nitrogen and oxygen atoms in total. The van der Waals surface area contributed by atoms with E-state index in [9.17, 15) is 8.78 Å². The molecule has 164 valence electrons. The summed E-state index contributed by atoms with van der Waals surface area (Å²) in [5.74, 6) is -0.545. The topological polar surface area (TPSA) is 42.6 Å². The highest BCUT2D eigenvalue weighted by Crippen LogP contribution is 2.34. The van der Waals surface area contributed by atoms with Crippen molar-refractivity contribution in [2.75, 3.05) is 13.7 Å². The van der Waals surface area contributed by atoms with Crippen molar-refractivity contribution in [2.45, 2.75) is 25.4 Å². The lowest BCUT2D eigenvalue weighted by Gasteiger charge is -2.30. The third kappa shape index (κ3) is 3.37. The van der Waals surface area contributed by atoms with Crippen LogP contribution in [-0.2, 0) is 6.54 Å². The Hall–Kier alpha value is -3.19. The Morgan fingerprint density at radius 2 is 1.94 bits per heavy atom. The van der Waals surface area contributed by atoms with Crippen LogP contribution in [0.15, 0.2) is 64.8 Å². The molecule has 3 aromatic rings. The molecule has 0 saturated carbocycles. The van der Waals surface area contributed by atoms with E-state index in [2.05, 4.69) is 0 Å². The molecule has 1 unspecified atom stereocenters. The van der Waals surface area contributed by atoms with Gasteiger partial charge in [0.1, 0.15) is 28.6 Å². The van der Waals surface area contributed by atoms with Gasteiger partial charge >= 0.3 is 0 Å². The number of halogens is 3. The molecular weight excluding hydrogens is 434 g/mol. The highest BCUT2D eigenvalue weighted by molar-refractivity contribution is 6.25. The van der Waals surface area contributed by atoms with Crippen LogP contribution in [-0.4, -0.2) is 39.7 Å². The van der Waals surface area contributed by atoms with Crippen LogP contribution < -0.4 is 4.74 Å². The Kier molecular flexibility index (Phi) is 5.21. The molecule has 2 heterocycles. The van der Waals surface area contributed by atoms with E-state index in [1.165, 1.54) is 12.1 Å². The molecule has 5 rings (SSSR count). The Balaban J connectivity index is 1.59. The summed E-state index contributed by atoms with van der Waals surface area (Å²) in [7, 11) is 1.87. The van der Waals surface area contributed by atoms with Crippen LogP contribution in [0, 0.1) is 11.6 Å². The third-order valence-corrected chi connectivity index (χ3v) is 6.24. The normalized spacial score (nSPS) is 17.8. The summed E-state index contributed by atoms with van der Waals surface area (Å²) in [5, 5.41) is 5.56. The Morgan fingerprint density at radius 1 is 1.19 bits per heavy atom. The van der Waals surface area contributed by atoms with Crippen molar-refractivity contribution in [1.29, 1.82) is 0 Å². The number of hydrogen-bond donors (Lipinski definition) is 0. The molecule has 1 atom stereocenters. The number of amidine groups is 1. The van der Waals surface area contributed by atoms with Crippen LogP contribution in [0.25, 0.3) is 10.9 Å². The molecule has 0 N–H and O–H groups in total. The second-order valence-electron chi connectivity index (χ2n) is 7.71. The van der Waals surface area contributed by atoms with E-state index in [4.69, 9.17) is 26.4 Å². The van der Waals surface area contributed by atoms with Gasteiger partial charge in [0.15, 0.2) is 5.84 Å². The van der Waals surface area contributed by atoms with Crippen molar-refractivity contribution in [2.24, 2.45) is 4.99 Å². The molecule has 8 heteroatoms. The lowest BCUT2D eigenvalue weighted by molar-refractivity contribution is 0.335. The highest BCUT2D eigenvalue weighted by atomic mass is 35.5. The van der Waals surface area contributed by atoms with E-state index < -0.39 is 11.6 Å². The zero-order chi connectivity index (χ0) is 22.4. The Morgan fingerprint density at radius 3 is 2.69 bits per heavy atom. The minimum absolute atomic E-state index is 0.0681. The molecule has 1 aliphatic heterocycles. The molecule has 2 aromatic carbocycles. The maximum atomic E-state index is 14.7. The van der Waals surface area contributed by atoms with Gasteiger partial charge in [0.05, 0.1) is 24.4 Å². The Labute approximate surface area is 189 Å². The number of para-hydroxylation sites is 1. The van der Waals surface area contributed by atoms with Crippen molar-refractivity contribution in [3.63, 3.8) is 0 Å². The number of likely N-dealkylation sites (N-methyl/N-ethyl adjacent to an activating group) is 1. The van der Waals surface area contributed by atoms with Crippen LogP contribution in [0.4, 0.5) is 8.78 Å². The number of allylic oxidation sites excluding steroid dienone is 1. The van der Waals surface area contributed by atoms with Crippen LogP contribution in [0.1, 0.15) is 24.6 Å². The van der Waals surface area contributed by atoms with Crippen molar-refractivity contribution >= 4 is 28.3 Å². The van der Waals surface area contributed by atoms with Gasteiger partial charge in [-0.1, -0.05) is 42.0 Å². The number of ether oxygens (including phenoxy) is 1. The molecule has 0 amide bonds. The quantitative estimate of drug-likeness (QED) is 0.391. The first-order valence-electron chi connectivity index (χ1n) is 10.4. The fourth-order valence-corrected chi connectivity index (χ4v) is 4.42. The van der Waals surface area contributed by atoms with E-state index >= 15 is 0 Å². The minimum Gasteiger partial charge on any atom is -0.494 e. The first kappa shape index (κ1) is 20.7. The van der Waals surface area contributed by atoms with Crippen LogP contribution in [0.2, 0.25) is 0 Å². The smallest absolute Gasteiger partial charge is 0.158 e. The lowest BCUT2D eigenvalue weighted by Crippen LogP contribution is -2.38. The van der Waals surface area contributed by atoms with E-state index in [-0.39, 0.29) is 23.4 Å². The molecule has 1 aromatic heterocycles. The summed E-state index contributed by atoms with van der Waals surface area (Å²) >= 11 is 6.67. The first-order chi connectivity index (χ1) is 15.5. The second-order valence-corrected chi connectivity index (χ2v) is 8.13. The van der Waals surface area contributed by atoms with Crippen LogP contribution in [0.5, 0.6) is 5.75 Å². The van der Waals surface area contributed by atoms with Gasteiger partial charge in [-0.05, 0) is 13.0 Å². The molecule has 2 aliphatic rings. The number of aromatic nitrogens is 2. The van der Waals surface area contributed by atoms with Crippen LogP contribution in [0.3, 0.4) is 0 Å². The van der Waals surface area contributed by atoms with Gasteiger partial charge in [0, 0.05) is 42.1 Å². The summed E-state index contributed by atoms with van der Waals surface area (Å²) in [6.45, 7) is 2.02. The van der Waals surface area contributed by atoms with Crippen LogP contribution >= 0.6 is 11.6 Å². The Bertz CT molecular complexity index is 1290. The largest absolute Gasteiger partial charge is 0.494 e. The maximum absolute atomic E-state index is 14.7. The fraction of sp³-hybridized carbons (Fsp3) is 0.250. The molecule has 0 radical (unpaired) electrons. The molecular formula is C24H21ClF2N4O. The van der Waals surface area contributed by atoms with Crippen molar-refractivity contribution in [3.8, 4) is 5.75 Å². The number of alkyl halides is 1. The van der Waals surface area contributed by atoms with Crippen molar-refractivity contribution < 1.29 is 13.5 Å². The molecule has 0 fully saturated rings. The second kappa shape index (κ2) is 8.06.